The van der Waals surface area contributed by atoms with E-state index in [0.29, 0.717) is 17.9 Å². The van der Waals surface area contributed by atoms with Gasteiger partial charge in [0.2, 0.25) is 0 Å². The van der Waals surface area contributed by atoms with Crippen molar-refractivity contribution in [1.29, 1.82) is 0 Å². The van der Waals surface area contributed by atoms with Gasteiger partial charge in [-0.1, -0.05) is 20.8 Å². The maximum Gasteiger partial charge on any atom is 0.326 e. The van der Waals surface area contributed by atoms with E-state index in [1.165, 1.54) is 0 Å². The van der Waals surface area contributed by atoms with Crippen molar-refractivity contribution in [3.8, 4) is 0 Å². The fourth-order valence-corrected chi connectivity index (χ4v) is 1.94. The van der Waals surface area contributed by atoms with E-state index in [2.05, 4.69) is 10.6 Å². The van der Waals surface area contributed by atoms with Gasteiger partial charge in [0.15, 0.2) is 0 Å². The van der Waals surface area contributed by atoms with Gasteiger partial charge in [0, 0.05) is 28.9 Å². The number of aliphatic carboxylic acids is 1. The monoisotopic (exact) mass is 278 g/mol. The smallest absolute Gasteiger partial charge is 0.326 e. The molecule has 0 fully saturated rings. The van der Waals surface area contributed by atoms with Crippen LogP contribution in [0.3, 0.4) is 0 Å². The molecule has 0 rings (SSSR count). The van der Waals surface area contributed by atoms with E-state index in [4.69, 9.17) is 5.11 Å². The zero-order valence-corrected chi connectivity index (χ0v) is 11.9. The molecule has 106 valence electrons. The highest BCUT2D eigenvalue weighted by atomic mass is 32.2. The highest BCUT2D eigenvalue weighted by Crippen LogP contribution is 2.04. The van der Waals surface area contributed by atoms with Gasteiger partial charge in [0.05, 0.1) is 0 Å². The first-order valence-corrected chi connectivity index (χ1v) is 7.47. The summed E-state index contributed by atoms with van der Waals surface area (Å²) in [5.41, 5.74) is 0. The summed E-state index contributed by atoms with van der Waals surface area (Å²) in [7, 11) is -0.933. The third-order valence-electron chi connectivity index (χ3n) is 2.25. The van der Waals surface area contributed by atoms with E-state index in [1.807, 2.05) is 13.8 Å². The zero-order chi connectivity index (χ0) is 14.1. The molecule has 0 heterocycles. The summed E-state index contributed by atoms with van der Waals surface area (Å²) in [4.78, 5) is 22.3. The molecule has 6 nitrogen and oxygen atoms in total. The molecule has 0 aliphatic carbocycles. The normalized spacial score (nSPS) is 14.0. The van der Waals surface area contributed by atoms with Crippen LogP contribution in [0, 0.1) is 5.92 Å². The summed E-state index contributed by atoms with van der Waals surface area (Å²) >= 11 is 0. The number of carboxylic acid groups (broad SMARTS) is 1. The van der Waals surface area contributed by atoms with Crippen LogP contribution in [0.15, 0.2) is 0 Å². The summed E-state index contributed by atoms with van der Waals surface area (Å²) in [5.74, 6) is 0.0650. The first-order chi connectivity index (χ1) is 8.36. The highest BCUT2D eigenvalue weighted by Gasteiger charge is 2.20. The van der Waals surface area contributed by atoms with E-state index >= 15 is 0 Å². The Hall–Kier alpha value is -1.11. The van der Waals surface area contributed by atoms with E-state index in [-0.39, 0.29) is 12.5 Å². The molecule has 0 bridgehead atoms. The first-order valence-electron chi connectivity index (χ1n) is 5.99. The molecule has 0 aromatic carbocycles. The SMILES string of the molecule is CCS(=O)CCNC(=O)NC(CC(C)C)C(=O)O. The van der Waals surface area contributed by atoms with Crippen LogP contribution in [0.5, 0.6) is 0 Å². The molecule has 2 amide bonds. The van der Waals surface area contributed by atoms with Crippen LogP contribution in [0.1, 0.15) is 27.2 Å². The number of carbonyl (C=O) groups excluding carboxylic acids is 1. The van der Waals surface area contributed by atoms with Crippen molar-refractivity contribution in [2.24, 2.45) is 5.92 Å². The molecule has 0 aliphatic rings. The second-order valence-corrected chi connectivity index (χ2v) is 6.22. The van der Waals surface area contributed by atoms with E-state index < -0.39 is 28.8 Å². The Balaban J connectivity index is 4.03. The van der Waals surface area contributed by atoms with Gasteiger partial charge >= 0.3 is 12.0 Å². The molecule has 3 N–H and O–H groups in total. The van der Waals surface area contributed by atoms with Crippen molar-refractivity contribution < 1.29 is 18.9 Å². The van der Waals surface area contributed by atoms with Crippen LogP contribution in [-0.4, -0.2) is 45.4 Å². The molecule has 2 unspecified atom stereocenters. The number of hydrogen-bond donors (Lipinski definition) is 3. The van der Waals surface area contributed by atoms with Gasteiger partial charge in [-0.2, -0.15) is 0 Å². The third kappa shape index (κ3) is 8.05. The summed E-state index contributed by atoms with van der Waals surface area (Å²) in [6.45, 7) is 5.86. The second-order valence-electron chi connectivity index (χ2n) is 4.35. The highest BCUT2D eigenvalue weighted by molar-refractivity contribution is 7.84. The minimum absolute atomic E-state index is 0.180. The number of carboxylic acids is 1. The minimum Gasteiger partial charge on any atom is -0.480 e. The molecule has 7 heteroatoms. The van der Waals surface area contributed by atoms with Crippen LogP contribution in [0.2, 0.25) is 0 Å². The van der Waals surface area contributed by atoms with Crippen molar-refractivity contribution in [2.45, 2.75) is 33.2 Å². The number of amides is 2. The standard InChI is InChI=1S/C11H22N2O4S/c1-4-18(17)6-5-12-11(16)13-9(10(14)15)7-8(2)3/h8-9H,4-7H2,1-3H3,(H,14,15)(H2,12,13,16). The van der Waals surface area contributed by atoms with Gasteiger partial charge in [-0.3, -0.25) is 4.21 Å². The maximum atomic E-state index is 11.4. The minimum atomic E-state index is -1.05. The second kappa shape index (κ2) is 8.91. The summed E-state index contributed by atoms with van der Waals surface area (Å²) in [5, 5.41) is 13.8. The zero-order valence-electron chi connectivity index (χ0n) is 11.1. The van der Waals surface area contributed by atoms with Crippen molar-refractivity contribution in [3.63, 3.8) is 0 Å². The van der Waals surface area contributed by atoms with E-state index in [1.54, 1.807) is 6.92 Å². The predicted octanol–water partition coefficient (Wildman–Crippen LogP) is 0.554. The van der Waals surface area contributed by atoms with Crippen molar-refractivity contribution in [1.82, 2.24) is 10.6 Å². The average molecular weight is 278 g/mol. The first kappa shape index (κ1) is 16.9. The Morgan fingerprint density at radius 1 is 1.33 bits per heavy atom. The van der Waals surface area contributed by atoms with Gasteiger partial charge in [0.25, 0.3) is 0 Å². The van der Waals surface area contributed by atoms with Crippen LogP contribution in [0.25, 0.3) is 0 Å². The topological polar surface area (TPSA) is 95.5 Å². The van der Waals surface area contributed by atoms with E-state index in [9.17, 15) is 13.8 Å². The lowest BCUT2D eigenvalue weighted by molar-refractivity contribution is -0.139. The van der Waals surface area contributed by atoms with Gasteiger partial charge < -0.3 is 15.7 Å². The lowest BCUT2D eigenvalue weighted by Crippen LogP contribution is -2.47. The Kier molecular flexibility index (Phi) is 8.36. The van der Waals surface area contributed by atoms with Crippen LogP contribution >= 0.6 is 0 Å². The molecule has 0 saturated carbocycles. The van der Waals surface area contributed by atoms with Crippen molar-refractivity contribution in [3.05, 3.63) is 0 Å². The largest absolute Gasteiger partial charge is 0.480 e. The lowest BCUT2D eigenvalue weighted by Gasteiger charge is -2.16. The van der Waals surface area contributed by atoms with Gasteiger partial charge in [-0.25, -0.2) is 9.59 Å². The summed E-state index contributed by atoms with van der Waals surface area (Å²) < 4.78 is 11.1. The number of nitrogens with one attached hydrogen (secondary N) is 2. The van der Waals surface area contributed by atoms with Gasteiger partial charge in [-0.15, -0.1) is 0 Å². The number of rotatable bonds is 8. The van der Waals surface area contributed by atoms with Crippen LogP contribution < -0.4 is 10.6 Å². The maximum absolute atomic E-state index is 11.4. The van der Waals surface area contributed by atoms with Crippen LogP contribution in [-0.2, 0) is 15.6 Å². The van der Waals surface area contributed by atoms with Crippen LogP contribution in [0.4, 0.5) is 4.79 Å². The molecule has 0 radical (unpaired) electrons. The van der Waals surface area contributed by atoms with Crippen molar-refractivity contribution >= 4 is 22.8 Å². The molecule has 0 aromatic heterocycles. The molecule has 0 aliphatic heterocycles. The Morgan fingerprint density at radius 3 is 2.39 bits per heavy atom. The fourth-order valence-electron chi connectivity index (χ4n) is 1.32. The Morgan fingerprint density at radius 2 is 1.94 bits per heavy atom. The quantitative estimate of drug-likeness (QED) is 0.604. The molecular weight excluding hydrogens is 256 g/mol. The van der Waals surface area contributed by atoms with Crippen molar-refractivity contribution in [2.75, 3.05) is 18.1 Å². The molecule has 2 atom stereocenters. The van der Waals surface area contributed by atoms with Gasteiger partial charge in [0.1, 0.15) is 6.04 Å². The average Bonchev–Trinajstić information content (AvgIpc) is 2.27. The predicted molar refractivity (Wildman–Crippen MR) is 71.0 cm³/mol. The number of carbonyl (C=O) groups is 2. The Bertz CT molecular complexity index is 307. The number of urea groups is 1. The molecular formula is C11H22N2O4S. The van der Waals surface area contributed by atoms with Gasteiger partial charge in [-0.05, 0) is 12.3 Å². The third-order valence-corrected chi connectivity index (χ3v) is 3.55. The Labute approximate surface area is 110 Å². The van der Waals surface area contributed by atoms with E-state index in [0.717, 1.165) is 0 Å². The molecule has 0 saturated heterocycles. The summed E-state index contributed by atoms with van der Waals surface area (Å²) in [6.07, 6.45) is 0.379. The molecule has 0 spiro atoms. The summed E-state index contributed by atoms with van der Waals surface area (Å²) in [6, 6.07) is -1.42. The molecule has 0 aromatic rings. The molecule has 18 heavy (non-hydrogen) atoms. The lowest BCUT2D eigenvalue weighted by atomic mass is 10.0. The fraction of sp³-hybridized carbons (Fsp3) is 0.818. The number of hydrogen-bond acceptors (Lipinski definition) is 3.